The van der Waals surface area contributed by atoms with Crippen LogP contribution in [0, 0.1) is 6.92 Å². The fourth-order valence-electron chi connectivity index (χ4n) is 1.72. The second kappa shape index (κ2) is 5.43. The number of rotatable bonds is 4. The van der Waals surface area contributed by atoms with Crippen LogP contribution in [0.1, 0.15) is 23.9 Å². The predicted octanol–water partition coefficient (Wildman–Crippen LogP) is 3.40. The molecule has 0 spiro atoms. The molecule has 1 unspecified atom stereocenters. The van der Waals surface area contributed by atoms with Gasteiger partial charge in [0.2, 0.25) is 0 Å². The normalized spacial score (nSPS) is 12.6. The Kier molecular flexibility index (Phi) is 3.92. The summed E-state index contributed by atoms with van der Waals surface area (Å²) in [6.07, 6.45) is 2.06. The molecular formula is C14H18N2S. The topological polar surface area (TPSA) is 38.9 Å². The van der Waals surface area contributed by atoms with E-state index < -0.39 is 0 Å². The molecule has 0 saturated heterocycles. The monoisotopic (exact) mass is 246 g/mol. The lowest BCUT2D eigenvalue weighted by Gasteiger charge is -2.02. The van der Waals surface area contributed by atoms with Gasteiger partial charge in [-0.15, -0.1) is 11.3 Å². The molecule has 0 aliphatic carbocycles. The van der Waals surface area contributed by atoms with Crippen molar-refractivity contribution in [1.82, 2.24) is 4.98 Å². The predicted molar refractivity (Wildman–Crippen MR) is 74.3 cm³/mol. The molecule has 0 radical (unpaired) electrons. The molecule has 90 valence electrons. The van der Waals surface area contributed by atoms with Crippen molar-refractivity contribution in [3.05, 3.63) is 40.9 Å². The van der Waals surface area contributed by atoms with Crippen molar-refractivity contribution in [2.75, 3.05) is 0 Å². The van der Waals surface area contributed by atoms with Crippen molar-refractivity contribution in [2.24, 2.45) is 5.73 Å². The number of hydrogen-bond donors (Lipinski definition) is 1. The molecule has 0 bridgehead atoms. The van der Waals surface area contributed by atoms with Crippen LogP contribution in [0.3, 0.4) is 0 Å². The smallest absolute Gasteiger partial charge is 0.123 e. The van der Waals surface area contributed by atoms with Gasteiger partial charge in [-0.2, -0.15) is 0 Å². The zero-order chi connectivity index (χ0) is 12.3. The number of nitrogens with two attached hydrogens (primary N) is 1. The summed E-state index contributed by atoms with van der Waals surface area (Å²) in [6, 6.07) is 10.6. The maximum Gasteiger partial charge on any atom is 0.123 e. The van der Waals surface area contributed by atoms with Crippen molar-refractivity contribution in [3.63, 3.8) is 0 Å². The van der Waals surface area contributed by atoms with E-state index in [2.05, 4.69) is 31.0 Å². The maximum absolute atomic E-state index is 5.79. The Morgan fingerprint density at radius 3 is 2.65 bits per heavy atom. The highest BCUT2D eigenvalue weighted by molar-refractivity contribution is 7.15. The van der Waals surface area contributed by atoms with Crippen LogP contribution < -0.4 is 5.73 Å². The van der Waals surface area contributed by atoms with Gasteiger partial charge in [0.1, 0.15) is 5.01 Å². The lowest BCUT2D eigenvalue weighted by Crippen LogP contribution is -2.15. The zero-order valence-electron chi connectivity index (χ0n) is 10.3. The molecule has 1 aromatic heterocycles. The Balaban J connectivity index is 2.19. The average molecular weight is 246 g/mol. The van der Waals surface area contributed by atoms with E-state index in [1.54, 1.807) is 11.3 Å². The van der Waals surface area contributed by atoms with E-state index in [1.165, 1.54) is 10.4 Å². The van der Waals surface area contributed by atoms with Crippen LogP contribution >= 0.6 is 11.3 Å². The molecule has 1 atom stereocenters. The third kappa shape index (κ3) is 3.14. The minimum atomic E-state index is 0.261. The van der Waals surface area contributed by atoms with E-state index in [1.807, 2.05) is 18.2 Å². The van der Waals surface area contributed by atoms with Gasteiger partial charge in [0, 0.05) is 16.5 Å². The van der Waals surface area contributed by atoms with Crippen molar-refractivity contribution in [2.45, 2.75) is 32.7 Å². The molecule has 2 rings (SSSR count). The molecule has 17 heavy (non-hydrogen) atoms. The Bertz CT molecular complexity index is 474. The Morgan fingerprint density at radius 1 is 1.29 bits per heavy atom. The first-order valence-electron chi connectivity index (χ1n) is 5.94. The van der Waals surface area contributed by atoms with Crippen LogP contribution in [-0.2, 0) is 6.42 Å². The molecule has 0 fully saturated rings. The van der Waals surface area contributed by atoms with Gasteiger partial charge < -0.3 is 5.73 Å². The van der Waals surface area contributed by atoms with Crippen LogP contribution in [0.2, 0.25) is 0 Å². The lowest BCUT2D eigenvalue weighted by molar-refractivity contribution is 0.668. The minimum absolute atomic E-state index is 0.261. The molecule has 2 nitrogen and oxygen atoms in total. The molecule has 1 aromatic carbocycles. The first kappa shape index (κ1) is 12.3. The maximum atomic E-state index is 5.79. The van der Waals surface area contributed by atoms with Gasteiger partial charge in [-0.1, -0.05) is 30.3 Å². The summed E-state index contributed by atoms with van der Waals surface area (Å²) in [5.74, 6) is 0. The number of hydrogen-bond acceptors (Lipinski definition) is 3. The van der Waals surface area contributed by atoms with E-state index in [0.29, 0.717) is 0 Å². The fraction of sp³-hybridized carbons (Fsp3) is 0.357. The van der Waals surface area contributed by atoms with E-state index in [0.717, 1.165) is 23.5 Å². The summed E-state index contributed by atoms with van der Waals surface area (Å²) in [5, 5.41) is 1.11. The van der Waals surface area contributed by atoms with Gasteiger partial charge >= 0.3 is 0 Å². The van der Waals surface area contributed by atoms with E-state index in [4.69, 9.17) is 5.73 Å². The second-order valence-corrected chi connectivity index (χ2v) is 5.49. The van der Waals surface area contributed by atoms with Crippen molar-refractivity contribution in [1.29, 1.82) is 0 Å². The zero-order valence-corrected chi connectivity index (χ0v) is 11.1. The van der Waals surface area contributed by atoms with E-state index >= 15 is 0 Å². The molecule has 0 aliphatic heterocycles. The molecule has 2 aromatic rings. The van der Waals surface area contributed by atoms with Crippen LogP contribution in [-0.4, -0.2) is 11.0 Å². The number of thiazole rings is 1. The number of aromatic nitrogens is 1. The fourth-order valence-corrected chi connectivity index (χ4v) is 2.81. The first-order valence-corrected chi connectivity index (χ1v) is 6.76. The Hall–Kier alpha value is -1.19. The average Bonchev–Trinajstić information content (AvgIpc) is 2.69. The summed E-state index contributed by atoms with van der Waals surface area (Å²) >= 11 is 1.79. The summed E-state index contributed by atoms with van der Waals surface area (Å²) in [6.45, 7) is 4.13. The third-order valence-corrected chi connectivity index (χ3v) is 4.01. The summed E-state index contributed by atoms with van der Waals surface area (Å²) < 4.78 is 0. The van der Waals surface area contributed by atoms with Gasteiger partial charge in [-0.3, -0.25) is 0 Å². The van der Waals surface area contributed by atoms with Crippen LogP contribution in [0.4, 0.5) is 0 Å². The standard InChI is InChI=1S/C14H18N2S/c1-10(15)8-9-13-11(2)16-14(17-13)12-6-4-3-5-7-12/h3-7,10H,8-9,15H2,1-2H3. The highest BCUT2D eigenvalue weighted by atomic mass is 32.1. The third-order valence-electron chi connectivity index (χ3n) is 2.74. The first-order chi connectivity index (χ1) is 8.16. The molecular weight excluding hydrogens is 228 g/mol. The highest BCUT2D eigenvalue weighted by Crippen LogP contribution is 2.28. The van der Waals surface area contributed by atoms with Gasteiger partial charge in [0.15, 0.2) is 0 Å². The van der Waals surface area contributed by atoms with Gasteiger partial charge in [0.25, 0.3) is 0 Å². The SMILES string of the molecule is Cc1nc(-c2ccccc2)sc1CCC(C)N. The van der Waals surface area contributed by atoms with Crippen LogP contribution in [0.15, 0.2) is 30.3 Å². The van der Waals surface area contributed by atoms with Crippen molar-refractivity contribution >= 4 is 11.3 Å². The summed E-state index contributed by atoms with van der Waals surface area (Å²) in [7, 11) is 0. The quantitative estimate of drug-likeness (QED) is 0.898. The molecule has 2 N–H and O–H groups in total. The van der Waals surface area contributed by atoms with Gasteiger partial charge in [-0.05, 0) is 26.7 Å². The Labute approximate surface area is 107 Å². The number of aryl methyl sites for hydroxylation is 2. The van der Waals surface area contributed by atoms with Gasteiger partial charge in [0.05, 0.1) is 5.69 Å². The van der Waals surface area contributed by atoms with Crippen molar-refractivity contribution in [3.8, 4) is 10.6 Å². The number of nitrogens with zero attached hydrogens (tertiary/aromatic N) is 1. The molecule has 0 aliphatic rings. The highest BCUT2D eigenvalue weighted by Gasteiger charge is 2.09. The van der Waals surface area contributed by atoms with Crippen LogP contribution in [0.5, 0.6) is 0 Å². The molecule has 0 saturated carbocycles. The van der Waals surface area contributed by atoms with Gasteiger partial charge in [-0.25, -0.2) is 4.98 Å². The Morgan fingerprint density at radius 2 is 2.00 bits per heavy atom. The van der Waals surface area contributed by atoms with Crippen LogP contribution in [0.25, 0.3) is 10.6 Å². The second-order valence-electron chi connectivity index (χ2n) is 4.41. The molecule has 1 heterocycles. The van der Waals surface area contributed by atoms with Crippen molar-refractivity contribution < 1.29 is 0 Å². The summed E-state index contributed by atoms with van der Waals surface area (Å²) in [5.41, 5.74) is 8.14. The molecule has 3 heteroatoms. The number of benzene rings is 1. The largest absolute Gasteiger partial charge is 0.328 e. The van der Waals surface area contributed by atoms with E-state index in [9.17, 15) is 0 Å². The molecule has 0 amide bonds. The lowest BCUT2D eigenvalue weighted by atomic mass is 10.1. The van der Waals surface area contributed by atoms with E-state index in [-0.39, 0.29) is 6.04 Å². The summed E-state index contributed by atoms with van der Waals surface area (Å²) in [4.78, 5) is 6.00. The minimum Gasteiger partial charge on any atom is -0.328 e.